The predicted octanol–water partition coefficient (Wildman–Crippen LogP) is 3.64. The number of oxazole rings is 1. The Morgan fingerprint density at radius 1 is 1.33 bits per heavy atom. The number of hydrogen-bond acceptors (Lipinski definition) is 4. The van der Waals surface area contributed by atoms with Gasteiger partial charge in [0.2, 0.25) is 11.6 Å². The van der Waals surface area contributed by atoms with E-state index in [0.29, 0.717) is 23.8 Å². The number of hydrogen-bond donors (Lipinski definition) is 1. The van der Waals surface area contributed by atoms with Crippen LogP contribution in [0, 0.1) is 28.9 Å². The Morgan fingerprint density at radius 2 is 2.10 bits per heavy atom. The van der Waals surface area contributed by atoms with Crippen molar-refractivity contribution in [2.45, 2.75) is 26.8 Å². The average Bonchev–Trinajstić information content (AvgIpc) is 2.81. The second-order valence-electron chi connectivity index (χ2n) is 5.10. The van der Waals surface area contributed by atoms with E-state index in [0.717, 1.165) is 12.1 Å². The highest BCUT2D eigenvalue weighted by atomic mass is 19.2. The molecule has 1 heterocycles. The number of nitrogens with one attached hydrogen (secondary N) is 1. The van der Waals surface area contributed by atoms with E-state index in [-0.39, 0.29) is 18.1 Å². The Morgan fingerprint density at radius 3 is 2.71 bits per heavy atom. The molecule has 4 nitrogen and oxygen atoms in total. The zero-order valence-electron chi connectivity index (χ0n) is 11.8. The molecular weight excluding hydrogens is 276 g/mol. The molecule has 21 heavy (non-hydrogen) atoms. The van der Waals surface area contributed by atoms with Crippen LogP contribution in [0.5, 0.6) is 0 Å². The molecular formula is C15H15F2N3O. The Balaban J connectivity index is 2.10. The molecule has 0 aliphatic heterocycles. The SMILES string of the molecule is CC(C)Cc1nc(C#N)c(NCc2ccc(F)c(F)c2)o1. The summed E-state index contributed by atoms with van der Waals surface area (Å²) in [5, 5.41) is 11.9. The van der Waals surface area contributed by atoms with Gasteiger partial charge in [-0.15, -0.1) is 0 Å². The molecule has 110 valence electrons. The van der Waals surface area contributed by atoms with E-state index in [4.69, 9.17) is 9.68 Å². The van der Waals surface area contributed by atoms with Gasteiger partial charge in [0.15, 0.2) is 17.5 Å². The standard InChI is InChI=1S/C15H15F2N3O/c1-9(2)5-14-20-13(7-18)15(21-14)19-8-10-3-4-11(16)12(17)6-10/h3-4,6,9,19H,5,8H2,1-2H3. The highest BCUT2D eigenvalue weighted by Crippen LogP contribution is 2.20. The fourth-order valence-corrected chi connectivity index (χ4v) is 1.83. The minimum Gasteiger partial charge on any atom is -0.424 e. The summed E-state index contributed by atoms with van der Waals surface area (Å²) in [6.07, 6.45) is 0.627. The Kier molecular flexibility index (Phi) is 4.53. The lowest BCUT2D eigenvalue weighted by atomic mass is 10.1. The van der Waals surface area contributed by atoms with E-state index in [1.54, 1.807) is 0 Å². The van der Waals surface area contributed by atoms with E-state index in [1.165, 1.54) is 6.07 Å². The van der Waals surface area contributed by atoms with Crippen LogP contribution in [0.25, 0.3) is 0 Å². The Bertz CT molecular complexity index is 674. The lowest BCUT2D eigenvalue weighted by molar-refractivity contribution is 0.465. The number of nitrogens with zero attached hydrogens (tertiary/aromatic N) is 2. The molecule has 1 N–H and O–H groups in total. The maximum Gasteiger partial charge on any atom is 0.232 e. The molecule has 0 aliphatic carbocycles. The average molecular weight is 291 g/mol. The summed E-state index contributed by atoms with van der Waals surface area (Å²) in [6, 6.07) is 5.56. The molecule has 0 unspecified atom stereocenters. The smallest absolute Gasteiger partial charge is 0.232 e. The van der Waals surface area contributed by atoms with Gasteiger partial charge in [-0.1, -0.05) is 19.9 Å². The molecule has 1 aromatic carbocycles. The van der Waals surface area contributed by atoms with Gasteiger partial charge in [-0.3, -0.25) is 0 Å². The summed E-state index contributed by atoms with van der Waals surface area (Å²) in [6.45, 7) is 4.25. The van der Waals surface area contributed by atoms with E-state index in [2.05, 4.69) is 10.3 Å². The molecule has 6 heteroatoms. The zero-order chi connectivity index (χ0) is 15.4. The third kappa shape index (κ3) is 3.78. The summed E-state index contributed by atoms with van der Waals surface area (Å²) in [7, 11) is 0. The van der Waals surface area contributed by atoms with Crippen molar-refractivity contribution < 1.29 is 13.2 Å². The largest absolute Gasteiger partial charge is 0.424 e. The number of anilines is 1. The van der Waals surface area contributed by atoms with Crippen molar-refractivity contribution in [1.82, 2.24) is 4.98 Å². The third-order valence-corrected chi connectivity index (χ3v) is 2.80. The molecule has 0 amide bonds. The summed E-state index contributed by atoms with van der Waals surface area (Å²) < 4.78 is 31.4. The fraction of sp³-hybridized carbons (Fsp3) is 0.333. The lowest BCUT2D eigenvalue weighted by Gasteiger charge is -2.04. The van der Waals surface area contributed by atoms with Crippen LogP contribution in [0.3, 0.4) is 0 Å². The molecule has 0 spiro atoms. The third-order valence-electron chi connectivity index (χ3n) is 2.80. The number of aromatic nitrogens is 1. The first kappa shape index (κ1) is 15.0. The molecule has 0 radical (unpaired) electrons. The van der Waals surface area contributed by atoms with Gasteiger partial charge < -0.3 is 9.73 Å². The molecule has 0 bridgehead atoms. The zero-order valence-corrected chi connectivity index (χ0v) is 11.8. The van der Waals surface area contributed by atoms with E-state index < -0.39 is 11.6 Å². The van der Waals surface area contributed by atoms with Gasteiger partial charge in [-0.25, -0.2) is 13.8 Å². The van der Waals surface area contributed by atoms with Crippen LogP contribution >= 0.6 is 0 Å². The lowest BCUT2D eigenvalue weighted by Crippen LogP contribution is -2.01. The van der Waals surface area contributed by atoms with Crippen LogP contribution in [-0.4, -0.2) is 4.98 Å². The first-order valence-corrected chi connectivity index (χ1v) is 6.57. The molecule has 0 aliphatic rings. The fourth-order valence-electron chi connectivity index (χ4n) is 1.83. The number of rotatable bonds is 5. The van der Waals surface area contributed by atoms with Crippen LogP contribution in [0.15, 0.2) is 22.6 Å². The Hall–Kier alpha value is -2.42. The van der Waals surface area contributed by atoms with Crippen molar-refractivity contribution in [3.05, 3.63) is 47.0 Å². The maximum atomic E-state index is 13.1. The van der Waals surface area contributed by atoms with Crippen molar-refractivity contribution in [2.24, 2.45) is 5.92 Å². The van der Waals surface area contributed by atoms with Gasteiger partial charge in [-0.2, -0.15) is 5.26 Å². The molecule has 0 saturated heterocycles. The van der Waals surface area contributed by atoms with Crippen LogP contribution in [-0.2, 0) is 13.0 Å². The van der Waals surface area contributed by atoms with Crippen molar-refractivity contribution in [1.29, 1.82) is 5.26 Å². The quantitative estimate of drug-likeness (QED) is 0.913. The van der Waals surface area contributed by atoms with E-state index in [9.17, 15) is 8.78 Å². The first-order chi connectivity index (χ1) is 9.99. The second-order valence-corrected chi connectivity index (χ2v) is 5.10. The van der Waals surface area contributed by atoms with Gasteiger partial charge in [-0.05, 0) is 23.6 Å². The molecule has 0 fully saturated rings. The van der Waals surface area contributed by atoms with Gasteiger partial charge in [0.05, 0.1) is 0 Å². The monoisotopic (exact) mass is 291 g/mol. The van der Waals surface area contributed by atoms with Crippen molar-refractivity contribution in [3.8, 4) is 6.07 Å². The van der Waals surface area contributed by atoms with Gasteiger partial charge in [0.1, 0.15) is 6.07 Å². The van der Waals surface area contributed by atoms with Crippen LogP contribution in [0.2, 0.25) is 0 Å². The van der Waals surface area contributed by atoms with Gasteiger partial charge in [0, 0.05) is 13.0 Å². The van der Waals surface area contributed by atoms with Crippen LogP contribution in [0.1, 0.15) is 31.0 Å². The minimum absolute atomic E-state index is 0.160. The first-order valence-electron chi connectivity index (χ1n) is 6.57. The molecule has 2 rings (SSSR count). The molecule has 0 atom stereocenters. The predicted molar refractivity (Wildman–Crippen MR) is 73.4 cm³/mol. The van der Waals surface area contributed by atoms with Crippen molar-refractivity contribution in [3.63, 3.8) is 0 Å². The number of nitriles is 1. The van der Waals surface area contributed by atoms with Gasteiger partial charge >= 0.3 is 0 Å². The summed E-state index contributed by atoms with van der Waals surface area (Å²) in [4.78, 5) is 4.09. The van der Waals surface area contributed by atoms with Gasteiger partial charge in [0.25, 0.3) is 0 Å². The molecule has 1 aromatic heterocycles. The Labute approximate surface area is 121 Å². The van der Waals surface area contributed by atoms with E-state index in [1.807, 2.05) is 19.9 Å². The minimum atomic E-state index is -0.909. The maximum absolute atomic E-state index is 13.1. The van der Waals surface area contributed by atoms with Crippen molar-refractivity contribution in [2.75, 3.05) is 5.32 Å². The highest BCUT2D eigenvalue weighted by Gasteiger charge is 2.14. The topological polar surface area (TPSA) is 61.9 Å². The van der Waals surface area contributed by atoms with Crippen LogP contribution < -0.4 is 5.32 Å². The summed E-state index contributed by atoms with van der Waals surface area (Å²) in [5.41, 5.74) is 0.702. The van der Waals surface area contributed by atoms with Crippen LogP contribution in [0.4, 0.5) is 14.7 Å². The number of benzene rings is 1. The normalized spacial score (nSPS) is 10.7. The van der Waals surface area contributed by atoms with E-state index >= 15 is 0 Å². The van der Waals surface area contributed by atoms with Crippen molar-refractivity contribution >= 4 is 5.88 Å². The molecule has 2 aromatic rings. The molecule has 0 saturated carbocycles. The number of halogens is 2. The highest BCUT2D eigenvalue weighted by molar-refractivity contribution is 5.45. The second kappa shape index (κ2) is 6.35. The summed E-state index contributed by atoms with van der Waals surface area (Å²) >= 11 is 0. The summed E-state index contributed by atoms with van der Waals surface area (Å²) in [5.74, 6) is -0.718.